The number of nitrogens with zero attached hydrogens (tertiary/aromatic N) is 4. The summed E-state index contributed by atoms with van der Waals surface area (Å²) in [5.74, 6) is 0. The maximum Gasteiger partial charge on any atom is 0.0910 e. The van der Waals surface area contributed by atoms with Crippen molar-refractivity contribution in [1.29, 1.82) is 0 Å². The molecule has 0 fully saturated rings. The van der Waals surface area contributed by atoms with Gasteiger partial charge in [-0.05, 0) is 56.9 Å². The van der Waals surface area contributed by atoms with Crippen molar-refractivity contribution in [1.82, 2.24) is 0 Å². The summed E-state index contributed by atoms with van der Waals surface area (Å²) in [6.45, 7) is 5.84. The zero-order chi connectivity index (χ0) is 23.4. The molecule has 0 unspecified atom stereocenters. The Hall–Kier alpha value is -4.18. The van der Waals surface area contributed by atoms with Crippen LogP contribution >= 0.6 is 0 Å². The Morgan fingerprint density at radius 1 is 0.417 bits per heavy atom. The van der Waals surface area contributed by atoms with Crippen LogP contribution in [0.5, 0.6) is 0 Å². The number of hydrogen-bond donors (Lipinski definition) is 0. The molecule has 0 aromatic heterocycles. The molecule has 0 spiro atoms. The summed E-state index contributed by atoms with van der Waals surface area (Å²) in [5, 5.41) is 5.45. The molecular formula is C32H26N4. The summed E-state index contributed by atoms with van der Waals surface area (Å²) in [4.78, 5) is 10.3. The maximum absolute atomic E-state index is 2.59. The van der Waals surface area contributed by atoms with Crippen molar-refractivity contribution in [2.45, 2.75) is 26.2 Å². The number of hydrogen-bond acceptors (Lipinski definition) is 4. The van der Waals surface area contributed by atoms with E-state index in [0.29, 0.717) is 0 Å². The Labute approximate surface area is 210 Å². The quantitative estimate of drug-likeness (QED) is 0.255. The molecule has 4 aliphatic heterocycles. The molecule has 5 aromatic rings. The van der Waals surface area contributed by atoms with Gasteiger partial charge in [0, 0.05) is 60.1 Å². The van der Waals surface area contributed by atoms with Crippen LogP contribution in [0.15, 0.2) is 84.9 Å². The summed E-state index contributed by atoms with van der Waals surface area (Å²) in [6, 6.07) is 31.9. The largest absolute Gasteiger partial charge is 0.349 e. The Balaban J connectivity index is 1.15. The number of benzene rings is 5. The lowest BCUT2D eigenvalue weighted by atomic mass is 9.93. The molecule has 4 heteroatoms. The highest BCUT2D eigenvalue weighted by Crippen LogP contribution is 2.46. The van der Waals surface area contributed by atoms with Crippen molar-refractivity contribution in [3.05, 3.63) is 107 Å². The minimum absolute atomic E-state index is 0.972. The number of anilines is 4. The van der Waals surface area contributed by atoms with Crippen molar-refractivity contribution >= 4 is 44.3 Å². The molecule has 4 bridgehead atoms. The van der Waals surface area contributed by atoms with Crippen molar-refractivity contribution in [2.75, 3.05) is 32.9 Å². The molecule has 5 aromatic carbocycles. The van der Waals surface area contributed by atoms with Gasteiger partial charge >= 0.3 is 0 Å². The smallest absolute Gasteiger partial charge is 0.0910 e. The number of rotatable bonds is 0. The highest BCUT2D eigenvalue weighted by Gasteiger charge is 2.35. The van der Waals surface area contributed by atoms with Gasteiger partial charge in [-0.15, -0.1) is 0 Å². The van der Waals surface area contributed by atoms with Gasteiger partial charge in [0.05, 0.1) is 13.3 Å². The van der Waals surface area contributed by atoms with Gasteiger partial charge in [0.2, 0.25) is 0 Å². The first-order chi connectivity index (χ1) is 17.8. The molecule has 0 amide bonds. The van der Waals surface area contributed by atoms with Crippen LogP contribution in [0.4, 0.5) is 22.7 Å². The molecule has 0 N–H and O–H groups in total. The summed E-state index contributed by atoms with van der Waals surface area (Å²) in [7, 11) is 0. The molecule has 9 rings (SSSR count). The van der Waals surface area contributed by atoms with E-state index in [1.807, 2.05) is 0 Å². The van der Waals surface area contributed by atoms with E-state index in [1.165, 1.54) is 66.5 Å². The second-order valence-corrected chi connectivity index (χ2v) is 10.8. The van der Waals surface area contributed by atoms with Crippen LogP contribution in [-0.2, 0) is 26.2 Å². The van der Waals surface area contributed by atoms with Crippen LogP contribution in [0.2, 0.25) is 0 Å². The lowest BCUT2D eigenvalue weighted by Gasteiger charge is -2.48. The third-order valence-electron chi connectivity index (χ3n) is 8.78. The summed E-state index contributed by atoms with van der Waals surface area (Å²) >= 11 is 0. The highest BCUT2D eigenvalue weighted by molar-refractivity contribution is 5.93. The fourth-order valence-electron chi connectivity index (χ4n) is 7.13. The summed E-state index contributed by atoms with van der Waals surface area (Å²) in [5.41, 5.74) is 11.5. The van der Waals surface area contributed by atoms with E-state index in [2.05, 4.69) is 105 Å². The summed E-state index contributed by atoms with van der Waals surface area (Å²) < 4.78 is 0. The SMILES string of the molecule is c1ccc2c3c(ccc2c1)N1Cc2cc4c(cc2N(C3)C1)CN1CN4Cc2c1ccc1ccccc21. The van der Waals surface area contributed by atoms with Gasteiger partial charge in [-0.1, -0.05) is 60.7 Å². The van der Waals surface area contributed by atoms with Crippen LogP contribution < -0.4 is 19.6 Å². The summed E-state index contributed by atoms with van der Waals surface area (Å²) in [6.07, 6.45) is 0. The molecule has 0 atom stereocenters. The van der Waals surface area contributed by atoms with Crippen molar-refractivity contribution < 1.29 is 0 Å². The standard InChI is InChI=1S/C32H26N4/c1-3-7-25-21(5-1)9-11-29-27(25)17-35-19-33(29)15-23-14-32-24(13-31(23)35)16-34-20-36(32)18-28-26-8-4-2-6-22(26)10-12-30(28)34/h1-14H,15-20H2. The monoisotopic (exact) mass is 466 g/mol. The maximum atomic E-state index is 2.59. The average molecular weight is 467 g/mol. The van der Waals surface area contributed by atoms with E-state index in [4.69, 9.17) is 0 Å². The third kappa shape index (κ3) is 2.49. The molecule has 36 heavy (non-hydrogen) atoms. The van der Waals surface area contributed by atoms with Gasteiger partial charge in [-0.25, -0.2) is 0 Å². The van der Waals surface area contributed by atoms with Gasteiger partial charge in [-0.2, -0.15) is 0 Å². The van der Waals surface area contributed by atoms with Crippen LogP contribution in [-0.4, -0.2) is 13.3 Å². The van der Waals surface area contributed by atoms with E-state index in [9.17, 15) is 0 Å². The predicted molar refractivity (Wildman–Crippen MR) is 149 cm³/mol. The van der Waals surface area contributed by atoms with E-state index in [0.717, 1.165) is 39.5 Å². The van der Waals surface area contributed by atoms with Gasteiger partial charge in [-0.3, -0.25) is 0 Å². The molecule has 4 heterocycles. The van der Waals surface area contributed by atoms with E-state index in [1.54, 1.807) is 0 Å². The fourth-order valence-corrected chi connectivity index (χ4v) is 7.13. The topological polar surface area (TPSA) is 13.0 Å². The zero-order valence-electron chi connectivity index (χ0n) is 20.1. The average Bonchev–Trinajstić information content (AvgIpc) is 2.92. The minimum Gasteiger partial charge on any atom is -0.349 e. The van der Waals surface area contributed by atoms with Gasteiger partial charge in [0.15, 0.2) is 0 Å². The van der Waals surface area contributed by atoms with Gasteiger partial charge in [0.25, 0.3) is 0 Å². The molecule has 4 nitrogen and oxygen atoms in total. The number of fused-ring (bicyclic) bond motifs is 16. The molecule has 0 saturated heterocycles. The Kier molecular flexibility index (Phi) is 3.56. The van der Waals surface area contributed by atoms with Crippen molar-refractivity contribution in [3.8, 4) is 0 Å². The molecule has 0 radical (unpaired) electrons. The van der Waals surface area contributed by atoms with Crippen molar-refractivity contribution in [3.63, 3.8) is 0 Å². The first-order valence-electron chi connectivity index (χ1n) is 13.0. The van der Waals surface area contributed by atoms with Crippen LogP contribution in [0, 0.1) is 0 Å². The van der Waals surface area contributed by atoms with E-state index < -0.39 is 0 Å². The van der Waals surface area contributed by atoms with Gasteiger partial charge in [0.1, 0.15) is 0 Å². The zero-order valence-corrected chi connectivity index (χ0v) is 20.1. The second kappa shape index (κ2) is 6.73. The Morgan fingerprint density at radius 2 is 0.861 bits per heavy atom. The Bertz CT molecular complexity index is 1610. The highest BCUT2D eigenvalue weighted by atomic mass is 15.4. The molecular weight excluding hydrogens is 440 g/mol. The first kappa shape index (κ1) is 19.1. The minimum atomic E-state index is 0.972. The molecule has 0 aliphatic carbocycles. The first-order valence-corrected chi connectivity index (χ1v) is 13.0. The fraction of sp³-hybridized carbons (Fsp3) is 0.188. The van der Waals surface area contributed by atoms with Gasteiger partial charge < -0.3 is 19.6 Å². The van der Waals surface area contributed by atoms with Crippen LogP contribution in [0.25, 0.3) is 21.5 Å². The lowest BCUT2D eigenvalue weighted by molar-refractivity contribution is 0.636. The molecule has 0 saturated carbocycles. The second-order valence-electron chi connectivity index (χ2n) is 10.8. The van der Waals surface area contributed by atoms with Crippen LogP contribution in [0.1, 0.15) is 22.3 Å². The van der Waals surface area contributed by atoms with Crippen molar-refractivity contribution in [2.24, 2.45) is 0 Å². The van der Waals surface area contributed by atoms with Crippen LogP contribution in [0.3, 0.4) is 0 Å². The van der Waals surface area contributed by atoms with E-state index in [-0.39, 0.29) is 0 Å². The lowest BCUT2D eigenvalue weighted by Crippen LogP contribution is -2.48. The molecule has 4 aliphatic rings. The normalized spacial score (nSPS) is 17.1. The third-order valence-corrected chi connectivity index (χ3v) is 8.78. The molecule has 174 valence electrons. The van der Waals surface area contributed by atoms with E-state index >= 15 is 0 Å². The Morgan fingerprint density at radius 3 is 1.36 bits per heavy atom. The predicted octanol–water partition coefficient (Wildman–Crippen LogP) is 6.59.